The number of benzene rings is 1. The molecule has 3 N–H and O–H groups in total. The summed E-state index contributed by atoms with van der Waals surface area (Å²) >= 11 is 0. The van der Waals surface area contributed by atoms with Crippen LogP contribution >= 0.6 is 0 Å². The number of nitrogens with one attached hydrogen (secondary N) is 1. The summed E-state index contributed by atoms with van der Waals surface area (Å²) in [4.78, 5) is 0. The largest absolute Gasteiger partial charge is 0.398 e. The molecule has 16 heavy (non-hydrogen) atoms. The van der Waals surface area contributed by atoms with Gasteiger partial charge in [0.25, 0.3) is 0 Å². The summed E-state index contributed by atoms with van der Waals surface area (Å²) in [5, 5.41) is 8.09. The van der Waals surface area contributed by atoms with Crippen molar-refractivity contribution in [1.29, 1.82) is 5.41 Å². The molecule has 1 saturated carbocycles. The van der Waals surface area contributed by atoms with Gasteiger partial charge in [-0.25, -0.2) is 4.39 Å². The number of hydrogen-bond acceptors (Lipinski definition) is 2. The van der Waals surface area contributed by atoms with Crippen molar-refractivity contribution in [2.45, 2.75) is 32.1 Å². The van der Waals surface area contributed by atoms with Crippen LogP contribution in [0.3, 0.4) is 0 Å². The lowest BCUT2D eigenvalue weighted by Gasteiger charge is -2.23. The number of anilines is 1. The first-order valence-corrected chi connectivity index (χ1v) is 5.83. The Balaban J connectivity index is 2.26. The number of hydrogen-bond donors (Lipinski definition) is 2. The van der Waals surface area contributed by atoms with Crippen molar-refractivity contribution in [1.82, 2.24) is 0 Å². The molecule has 1 aromatic rings. The average Bonchev–Trinajstić information content (AvgIpc) is 2.30. The van der Waals surface area contributed by atoms with Gasteiger partial charge in [0.15, 0.2) is 0 Å². The lowest BCUT2D eigenvalue weighted by atomic mass is 9.83. The maximum Gasteiger partial charge on any atom is 0.134 e. The van der Waals surface area contributed by atoms with Crippen LogP contribution in [0.2, 0.25) is 0 Å². The SMILES string of the molecule is N=C(c1c(N)cccc1F)C1CCCCC1. The maximum atomic E-state index is 13.6. The highest BCUT2D eigenvalue weighted by Gasteiger charge is 2.22. The van der Waals surface area contributed by atoms with E-state index in [1.807, 2.05) is 0 Å². The summed E-state index contributed by atoms with van der Waals surface area (Å²) in [6.45, 7) is 0. The van der Waals surface area contributed by atoms with Crippen LogP contribution in [-0.4, -0.2) is 5.71 Å². The highest BCUT2D eigenvalue weighted by Crippen LogP contribution is 2.29. The molecule has 0 heterocycles. The van der Waals surface area contributed by atoms with Crippen LogP contribution in [0.15, 0.2) is 18.2 Å². The first kappa shape index (κ1) is 11.1. The van der Waals surface area contributed by atoms with Crippen molar-refractivity contribution in [3.8, 4) is 0 Å². The molecule has 86 valence electrons. The summed E-state index contributed by atoms with van der Waals surface area (Å²) in [6.07, 6.45) is 5.50. The Morgan fingerprint density at radius 2 is 1.94 bits per heavy atom. The zero-order valence-electron chi connectivity index (χ0n) is 9.30. The molecule has 0 saturated heterocycles. The number of halogens is 1. The van der Waals surface area contributed by atoms with E-state index in [1.165, 1.54) is 12.5 Å². The Kier molecular flexibility index (Phi) is 3.22. The molecule has 0 radical (unpaired) electrons. The van der Waals surface area contributed by atoms with Crippen molar-refractivity contribution < 1.29 is 4.39 Å². The minimum atomic E-state index is -0.365. The van der Waals surface area contributed by atoms with Gasteiger partial charge >= 0.3 is 0 Å². The fraction of sp³-hybridized carbons (Fsp3) is 0.462. The first-order chi connectivity index (χ1) is 7.70. The Morgan fingerprint density at radius 3 is 2.56 bits per heavy atom. The minimum absolute atomic E-state index is 0.188. The smallest absolute Gasteiger partial charge is 0.134 e. The van der Waals surface area contributed by atoms with Crippen molar-refractivity contribution in [3.05, 3.63) is 29.6 Å². The molecule has 0 amide bonds. The van der Waals surface area contributed by atoms with Crippen LogP contribution in [0.1, 0.15) is 37.7 Å². The van der Waals surface area contributed by atoms with Crippen LogP contribution < -0.4 is 5.73 Å². The van der Waals surface area contributed by atoms with Gasteiger partial charge < -0.3 is 11.1 Å². The third-order valence-electron chi connectivity index (χ3n) is 3.33. The number of rotatable bonds is 2. The Morgan fingerprint density at radius 1 is 1.25 bits per heavy atom. The van der Waals surface area contributed by atoms with Crippen molar-refractivity contribution >= 4 is 11.4 Å². The molecule has 0 aliphatic heterocycles. The second-order valence-electron chi connectivity index (χ2n) is 4.45. The molecule has 1 aromatic carbocycles. The van der Waals surface area contributed by atoms with E-state index in [1.54, 1.807) is 12.1 Å². The van der Waals surface area contributed by atoms with Gasteiger partial charge in [-0.15, -0.1) is 0 Å². The summed E-state index contributed by atoms with van der Waals surface area (Å²) in [5.41, 5.74) is 6.83. The zero-order chi connectivity index (χ0) is 11.5. The van der Waals surface area contributed by atoms with Crippen molar-refractivity contribution in [3.63, 3.8) is 0 Å². The summed E-state index contributed by atoms with van der Waals surface area (Å²) < 4.78 is 13.6. The topological polar surface area (TPSA) is 49.9 Å². The highest BCUT2D eigenvalue weighted by atomic mass is 19.1. The Hall–Kier alpha value is -1.38. The molecule has 0 aromatic heterocycles. The van der Waals surface area contributed by atoms with Gasteiger partial charge in [-0.3, -0.25) is 0 Å². The molecule has 2 nitrogen and oxygen atoms in total. The molecule has 2 rings (SSSR count). The standard InChI is InChI=1S/C13H17FN2/c14-10-7-4-8-11(15)12(10)13(16)9-5-2-1-3-6-9/h4,7-9,16H,1-3,5-6,15H2. The van der Waals surface area contributed by atoms with E-state index < -0.39 is 0 Å². The lowest BCUT2D eigenvalue weighted by Crippen LogP contribution is -2.20. The molecule has 0 spiro atoms. The molecule has 1 aliphatic rings. The van der Waals surface area contributed by atoms with Gasteiger partial charge in [0.05, 0.1) is 5.56 Å². The highest BCUT2D eigenvalue weighted by molar-refractivity contribution is 6.04. The first-order valence-electron chi connectivity index (χ1n) is 5.83. The third-order valence-corrected chi connectivity index (χ3v) is 3.33. The minimum Gasteiger partial charge on any atom is -0.398 e. The molecule has 3 heteroatoms. The van der Waals surface area contributed by atoms with Crippen molar-refractivity contribution in [2.24, 2.45) is 5.92 Å². The number of nitrogens with two attached hydrogens (primary N) is 1. The predicted octanol–water partition coefficient (Wildman–Crippen LogP) is 3.36. The van der Waals surface area contributed by atoms with Gasteiger partial charge in [0.2, 0.25) is 0 Å². The van der Waals surface area contributed by atoms with Gasteiger partial charge in [-0.1, -0.05) is 25.3 Å². The number of nitrogen functional groups attached to an aromatic ring is 1. The Bertz CT molecular complexity index is 375. The van der Waals surface area contributed by atoms with Crippen LogP contribution in [0.5, 0.6) is 0 Å². The predicted molar refractivity (Wildman–Crippen MR) is 64.2 cm³/mol. The molecule has 1 fully saturated rings. The second-order valence-corrected chi connectivity index (χ2v) is 4.45. The average molecular weight is 220 g/mol. The maximum absolute atomic E-state index is 13.6. The van der Waals surface area contributed by atoms with E-state index in [4.69, 9.17) is 11.1 Å². The Labute approximate surface area is 95.2 Å². The fourth-order valence-corrected chi connectivity index (χ4v) is 2.42. The van der Waals surface area contributed by atoms with Crippen LogP contribution in [0.25, 0.3) is 0 Å². The van der Waals surface area contributed by atoms with E-state index in [0.29, 0.717) is 17.0 Å². The monoisotopic (exact) mass is 220 g/mol. The van der Waals surface area contributed by atoms with Crippen molar-refractivity contribution in [2.75, 3.05) is 5.73 Å². The van der Waals surface area contributed by atoms with Crippen LogP contribution in [-0.2, 0) is 0 Å². The summed E-state index contributed by atoms with van der Waals surface area (Å²) in [6, 6.07) is 4.63. The van der Waals surface area contributed by atoms with Crippen LogP contribution in [0.4, 0.5) is 10.1 Å². The summed E-state index contributed by atoms with van der Waals surface area (Å²) in [7, 11) is 0. The van der Waals surface area contributed by atoms with E-state index in [-0.39, 0.29) is 11.7 Å². The normalized spacial score (nSPS) is 17.3. The molecular formula is C13H17FN2. The van der Waals surface area contributed by atoms with Crippen LogP contribution in [0, 0.1) is 17.1 Å². The fourth-order valence-electron chi connectivity index (χ4n) is 2.42. The van der Waals surface area contributed by atoms with Gasteiger partial charge in [-0.05, 0) is 25.0 Å². The van der Waals surface area contributed by atoms with E-state index in [9.17, 15) is 4.39 Å². The van der Waals surface area contributed by atoms with E-state index >= 15 is 0 Å². The van der Waals surface area contributed by atoms with Gasteiger partial charge in [0.1, 0.15) is 5.82 Å². The lowest BCUT2D eigenvalue weighted by molar-refractivity contribution is 0.438. The summed E-state index contributed by atoms with van der Waals surface area (Å²) in [5.74, 6) is -0.177. The second kappa shape index (κ2) is 4.64. The van der Waals surface area contributed by atoms with E-state index in [0.717, 1.165) is 25.7 Å². The third kappa shape index (κ3) is 2.08. The molecule has 0 bridgehead atoms. The molecule has 1 aliphatic carbocycles. The van der Waals surface area contributed by atoms with E-state index in [2.05, 4.69) is 0 Å². The quantitative estimate of drug-likeness (QED) is 0.582. The van der Waals surface area contributed by atoms with Gasteiger partial charge in [0, 0.05) is 17.3 Å². The molecular weight excluding hydrogens is 203 g/mol. The van der Waals surface area contributed by atoms with Gasteiger partial charge in [-0.2, -0.15) is 0 Å². The molecule has 0 atom stereocenters. The zero-order valence-corrected chi connectivity index (χ0v) is 9.30. The molecule has 0 unspecified atom stereocenters.